The van der Waals surface area contributed by atoms with Gasteiger partial charge in [0.1, 0.15) is 0 Å². The van der Waals surface area contributed by atoms with E-state index in [1.165, 1.54) is 4.91 Å². The average Bonchev–Trinajstić information content (AvgIpc) is 2.07. The molecule has 62 valence electrons. The number of benzene rings is 1. The molecule has 0 spiro atoms. The second kappa shape index (κ2) is 5.95. The minimum atomic E-state index is 0.121. The molecule has 0 aliphatic carbocycles. The van der Waals surface area contributed by atoms with Crippen LogP contribution in [-0.2, 0) is 0 Å². The van der Waals surface area contributed by atoms with E-state index in [2.05, 4.69) is 0 Å². The van der Waals surface area contributed by atoms with Gasteiger partial charge in [-0.25, -0.2) is 0 Å². The number of hydrogen-bond donors (Lipinski definition) is 0. The van der Waals surface area contributed by atoms with E-state index in [0.29, 0.717) is 0 Å². The Kier molecular flexibility index (Phi) is 5.05. The van der Waals surface area contributed by atoms with Crippen molar-refractivity contribution in [2.75, 3.05) is 0 Å². The van der Waals surface area contributed by atoms with Crippen molar-refractivity contribution < 1.29 is 4.79 Å². The molecule has 0 aliphatic rings. The predicted octanol–water partition coefficient (Wildman–Crippen LogP) is 2.76. The lowest BCUT2D eigenvalue weighted by atomic mass is 10.2. The van der Waals surface area contributed by atoms with E-state index in [-0.39, 0.29) is 5.78 Å². The summed E-state index contributed by atoms with van der Waals surface area (Å²) in [5.41, 5.74) is 14.3. The van der Waals surface area contributed by atoms with Gasteiger partial charge in [0.15, 0.2) is 5.78 Å². The molecule has 4 heteroatoms. The van der Waals surface area contributed by atoms with Crippen LogP contribution in [0.2, 0.25) is 0 Å². The number of ketones is 1. The molecule has 0 amide bonds. The molecule has 0 saturated carbocycles. The minimum Gasteiger partial charge on any atom is -0.373 e. The summed E-state index contributed by atoms with van der Waals surface area (Å²) < 4.78 is 0. The zero-order valence-electron chi connectivity index (χ0n) is 6.64. The molecule has 0 aliphatic heterocycles. The second-order valence-corrected chi connectivity index (χ2v) is 2.01. The normalized spacial score (nSPS) is 7.42. The summed E-state index contributed by atoms with van der Waals surface area (Å²) in [6, 6.07) is 9.23. The number of hydrogen-bond acceptors (Lipinski definition) is 1. The van der Waals surface area contributed by atoms with Gasteiger partial charge in [0.25, 0.3) is 0 Å². The van der Waals surface area contributed by atoms with Crippen molar-refractivity contribution in [3.05, 3.63) is 51.9 Å². The highest BCUT2D eigenvalue weighted by Gasteiger charge is 1.92. The van der Waals surface area contributed by atoms with E-state index in [0.717, 1.165) is 5.56 Å². The summed E-state index contributed by atoms with van der Waals surface area (Å²) >= 11 is 0. The molecule has 0 aromatic heterocycles. The Balaban J connectivity index is 0.000000354. The molecule has 0 bridgehead atoms. The van der Waals surface area contributed by atoms with Crippen LogP contribution < -0.4 is 0 Å². The van der Waals surface area contributed by atoms with Gasteiger partial charge in [0.2, 0.25) is 0 Å². The van der Waals surface area contributed by atoms with Crippen LogP contribution in [0.3, 0.4) is 0 Å². The third-order valence-corrected chi connectivity index (χ3v) is 1.18. The Morgan fingerprint density at radius 1 is 1.25 bits per heavy atom. The second-order valence-electron chi connectivity index (χ2n) is 2.01. The van der Waals surface area contributed by atoms with Crippen LogP contribution in [0.4, 0.5) is 0 Å². The maximum atomic E-state index is 10.6. The van der Waals surface area contributed by atoms with Gasteiger partial charge in [0.05, 0.1) is 0 Å². The fourth-order valence-corrected chi connectivity index (χ4v) is 0.673. The summed E-state index contributed by atoms with van der Waals surface area (Å²) in [7, 11) is 0. The molecule has 1 aromatic rings. The van der Waals surface area contributed by atoms with E-state index in [9.17, 15) is 4.79 Å². The van der Waals surface area contributed by atoms with Gasteiger partial charge in [0, 0.05) is 5.56 Å². The minimum absolute atomic E-state index is 0.121. The molecule has 0 heterocycles. The highest BCUT2D eigenvalue weighted by molar-refractivity contribution is 5.93. The zero-order chi connectivity index (χ0) is 9.40. The summed E-state index contributed by atoms with van der Waals surface area (Å²) in [6.45, 7) is 1.56. The molecular weight excluding hydrogens is 154 g/mol. The quantitative estimate of drug-likeness (QED) is 0.270. The van der Waals surface area contributed by atoms with Gasteiger partial charge >= 0.3 is 0 Å². The lowest BCUT2D eigenvalue weighted by Crippen LogP contribution is -1.88. The molecule has 0 atom stereocenters. The third kappa shape index (κ3) is 4.09. The Morgan fingerprint density at radius 3 is 1.92 bits per heavy atom. The highest BCUT2D eigenvalue weighted by atomic mass is 16.1. The number of rotatable bonds is 1. The fraction of sp³-hybridized carbons (Fsp3) is 0.125. The van der Waals surface area contributed by atoms with Crippen LogP contribution in [0.1, 0.15) is 17.3 Å². The van der Waals surface area contributed by atoms with E-state index in [1.54, 1.807) is 6.92 Å². The maximum absolute atomic E-state index is 10.6. The standard InChI is InChI=1S/C8H8O.N3/c1-7(9)8-5-3-2-4-6-8;1-3-2/h2-6H,1H3;/q;-1. The molecule has 1 aromatic carbocycles. The maximum Gasteiger partial charge on any atom is 0.159 e. The molecule has 1 rings (SSSR count). The summed E-state index contributed by atoms with van der Waals surface area (Å²) in [5, 5.41) is 0. The first-order valence-corrected chi connectivity index (χ1v) is 3.26. The fourth-order valence-electron chi connectivity index (χ4n) is 0.673. The van der Waals surface area contributed by atoms with Gasteiger partial charge < -0.3 is 11.1 Å². The number of nitrogens with zero attached hydrogens (tertiary/aromatic N) is 3. The van der Waals surface area contributed by atoms with Gasteiger partial charge in [-0.2, -0.15) is 0 Å². The molecule has 0 radical (unpaired) electrons. The van der Waals surface area contributed by atoms with Crippen LogP contribution in [-0.4, -0.2) is 5.78 Å². The third-order valence-electron chi connectivity index (χ3n) is 1.18. The largest absolute Gasteiger partial charge is 0.373 e. The predicted molar refractivity (Wildman–Crippen MR) is 46.5 cm³/mol. The number of carbonyl (C=O) groups is 1. The summed E-state index contributed by atoms with van der Waals surface area (Å²) in [4.78, 5) is 12.1. The first-order valence-electron chi connectivity index (χ1n) is 3.26. The van der Waals surface area contributed by atoms with Crippen molar-refractivity contribution in [3.8, 4) is 0 Å². The van der Waals surface area contributed by atoms with Gasteiger partial charge in [-0.1, -0.05) is 30.3 Å². The van der Waals surface area contributed by atoms with Crippen molar-refractivity contribution in [1.82, 2.24) is 0 Å². The van der Waals surface area contributed by atoms with E-state index in [4.69, 9.17) is 11.1 Å². The topological polar surface area (TPSA) is 75.8 Å². The number of carbonyl (C=O) groups excluding carboxylic acids is 1. The first kappa shape index (κ1) is 10.2. The molecular formula is C8H8N3O-. The summed E-state index contributed by atoms with van der Waals surface area (Å²) in [5.74, 6) is 0.121. The average molecular weight is 162 g/mol. The van der Waals surface area contributed by atoms with E-state index < -0.39 is 0 Å². The Bertz CT molecular complexity index is 276. The number of Topliss-reactive ketones (excluding diaryl/α,β-unsaturated/α-hetero) is 1. The van der Waals surface area contributed by atoms with E-state index >= 15 is 0 Å². The highest BCUT2D eigenvalue weighted by Crippen LogP contribution is 1.97. The van der Waals surface area contributed by atoms with Crippen LogP contribution in [0.25, 0.3) is 16.0 Å². The van der Waals surface area contributed by atoms with Gasteiger partial charge in [-0.05, 0) is 6.92 Å². The van der Waals surface area contributed by atoms with Crippen molar-refractivity contribution in [2.24, 2.45) is 0 Å². The molecule has 12 heavy (non-hydrogen) atoms. The van der Waals surface area contributed by atoms with Gasteiger partial charge in [-0.3, -0.25) is 9.71 Å². The molecule has 4 nitrogen and oxygen atoms in total. The Hall–Kier alpha value is -1.80. The lowest BCUT2D eigenvalue weighted by molar-refractivity contribution is 0.101. The Morgan fingerprint density at radius 2 is 1.67 bits per heavy atom. The molecule has 0 unspecified atom stereocenters. The van der Waals surface area contributed by atoms with Crippen LogP contribution in [0.15, 0.2) is 30.3 Å². The van der Waals surface area contributed by atoms with Gasteiger partial charge in [-0.15, -0.1) is 0 Å². The lowest BCUT2D eigenvalue weighted by Gasteiger charge is -1.89. The zero-order valence-corrected chi connectivity index (χ0v) is 6.64. The van der Waals surface area contributed by atoms with Crippen molar-refractivity contribution in [2.45, 2.75) is 6.92 Å². The molecule has 0 saturated heterocycles. The first-order chi connectivity index (χ1) is 5.72. The van der Waals surface area contributed by atoms with Crippen molar-refractivity contribution >= 4 is 5.78 Å². The summed E-state index contributed by atoms with van der Waals surface area (Å²) in [6.07, 6.45) is 0. The van der Waals surface area contributed by atoms with Crippen LogP contribution >= 0.6 is 0 Å². The van der Waals surface area contributed by atoms with Crippen LogP contribution in [0, 0.1) is 0 Å². The van der Waals surface area contributed by atoms with Crippen molar-refractivity contribution in [1.29, 1.82) is 0 Å². The molecule has 0 N–H and O–H groups in total. The molecule has 0 fully saturated rings. The monoisotopic (exact) mass is 162 g/mol. The van der Waals surface area contributed by atoms with Crippen LogP contribution in [0.5, 0.6) is 0 Å². The smallest absolute Gasteiger partial charge is 0.159 e. The Labute approximate surface area is 70.3 Å². The van der Waals surface area contributed by atoms with Crippen molar-refractivity contribution in [3.63, 3.8) is 0 Å². The van der Waals surface area contributed by atoms with E-state index in [1.807, 2.05) is 30.3 Å². The SMILES string of the molecule is CC(=O)c1ccccc1.[N-]=[N+]=[N-].